The summed E-state index contributed by atoms with van der Waals surface area (Å²) in [4.78, 5) is 0. The molecule has 0 atom stereocenters. The second-order valence-electron chi connectivity index (χ2n) is 4.13. The molecule has 0 radical (unpaired) electrons. The summed E-state index contributed by atoms with van der Waals surface area (Å²) in [6.45, 7) is 4.40. The number of halogens is 1. The Morgan fingerprint density at radius 2 is 1.88 bits per heavy atom. The lowest BCUT2D eigenvalue weighted by Crippen LogP contribution is -1.96. The first kappa shape index (κ1) is 11.4. The molecule has 84 valence electrons. The van der Waals surface area contributed by atoms with Crippen LogP contribution in [0.3, 0.4) is 0 Å². The normalized spacial score (nSPS) is 11.0. The second kappa shape index (κ2) is 4.83. The highest BCUT2D eigenvalue weighted by atomic mass is 79.9. The summed E-state index contributed by atoms with van der Waals surface area (Å²) in [5.41, 5.74) is 3.51. The molecular formula is C13H15BrN2. The van der Waals surface area contributed by atoms with Gasteiger partial charge in [-0.3, -0.25) is 0 Å². The highest BCUT2D eigenvalue weighted by Crippen LogP contribution is 2.16. The molecule has 0 N–H and O–H groups in total. The molecule has 1 aromatic carbocycles. The molecule has 0 aliphatic rings. The van der Waals surface area contributed by atoms with Crippen LogP contribution in [0, 0.1) is 0 Å². The molecule has 0 unspecified atom stereocenters. The van der Waals surface area contributed by atoms with E-state index in [2.05, 4.69) is 59.1 Å². The Kier molecular flexibility index (Phi) is 3.44. The van der Waals surface area contributed by atoms with E-state index < -0.39 is 0 Å². The van der Waals surface area contributed by atoms with Crippen molar-refractivity contribution in [1.82, 2.24) is 9.78 Å². The van der Waals surface area contributed by atoms with Gasteiger partial charge < -0.3 is 0 Å². The number of alkyl halides is 1. The van der Waals surface area contributed by atoms with E-state index in [-0.39, 0.29) is 0 Å². The number of benzene rings is 1. The van der Waals surface area contributed by atoms with Crippen molar-refractivity contribution in [2.75, 3.05) is 0 Å². The molecule has 1 aromatic heterocycles. The van der Waals surface area contributed by atoms with Gasteiger partial charge in [-0.25, -0.2) is 4.68 Å². The van der Waals surface area contributed by atoms with Crippen LogP contribution in [-0.2, 0) is 5.33 Å². The van der Waals surface area contributed by atoms with Crippen molar-refractivity contribution in [2.45, 2.75) is 25.1 Å². The van der Waals surface area contributed by atoms with Crippen LogP contribution in [0.5, 0.6) is 0 Å². The number of aromatic nitrogens is 2. The SMILES string of the molecule is CC(C)c1ccc(-n2ccc(CBr)n2)cc1. The van der Waals surface area contributed by atoms with Gasteiger partial charge in [0.25, 0.3) is 0 Å². The van der Waals surface area contributed by atoms with E-state index in [9.17, 15) is 0 Å². The van der Waals surface area contributed by atoms with E-state index in [4.69, 9.17) is 0 Å². The van der Waals surface area contributed by atoms with E-state index in [1.54, 1.807) is 0 Å². The molecule has 0 amide bonds. The third kappa shape index (κ3) is 2.35. The third-order valence-electron chi connectivity index (χ3n) is 2.61. The maximum Gasteiger partial charge on any atom is 0.0734 e. The van der Waals surface area contributed by atoms with Crippen LogP contribution in [0.4, 0.5) is 0 Å². The van der Waals surface area contributed by atoms with E-state index in [1.165, 1.54) is 5.56 Å². The number of nitrogens with zero attached hydrogens (tertiary/aromatic N) is 2. The van der Waals surface area contributed by atoms with Gasteiger partial charge in [0, 0.05) is 11.5 Å². The summed E-state index contributed by atoms with van der Waals surface area (Å²) in [5, 5.41) is 5.24. The van der Waals surface area contributed by atoms with Crippen molar-refractivity contribution in [3.63, 3.8) is 0 Å². The van der Waals surface area contributed by atoms with E-state index >= 15 is 0 Å². The van der Waals surface area contributed by atoms with Crippen molar-refractivity contribution >= 4 is 15.9 Å². The van der Waals surface area contributed by atoms with E-state index in [1.807, 2.05) is 16.9 Å². The predicted molar refractivity (Wildman–Crippen MR) is 70.3 cm³/mol. The monoisotopic (exact) mass is 278 g/mol. The molecule has 2 rings (SSSR count). The van der Waals surface area contributed by atoms with Crippen molar-refractivity contribution in [3.8, 4) is 5.69 Å². The Morgan fingerprint density at radius 3 is 2.38 bits per heavy atom. The number of hydrogen-bond donors (Lipinski definition) is 0. The fourth-order valence-electron chi connectivity index (χ4n) is 1.59. The standard InChI is InChI=1S/C13H15BrN2/c1-10(2)11-3-5-13(6-4-11)16-8-7-12(9-14)15-16/h3-8,10H,9H2,1-2H3. The minimum atomic E-state index is 0.574. The molecule has 16 heavy (non-hydrogen) atoms. The van der Waals surface area contributed by atoms with Crippen molar-refractivity contribution in [2.24, 2.45) is 0 Å². The smallest absolute Gasteiger partial charge is 0.0734 e. The molecule has 3 heteroatoms. The number of hydrogen-bond acceptors (Lipinski definition) is 1. The Bertz CT molecular complexity index is 457. The third-order valence-corrected chi connectivity index (χ3v) is 3.18. The maximum absolute atomic E-state index is 4.44. The summed E-state index contributed by atoms with van der Waals surface area (Å²) in [6, 6.07) is 10.6. The minimum Gasteiger partial charge on any atom is -0.241 e. The Morgan fingerprint density at radius 1 is 1.19 bits per heavy atom. The van der Waals surface area contributed by atoms with Gasteiger partial charge in [0.1, 0.15) is 0 Å². The Hall–Kier alpha value is -1.09. The minimum absolute atomic E-state index is 0.574. The Balaban J connectivity index is 2.27. The fourth-order valence-corrected chi connectivity index (χ4v) is 1.89. The summed E-state index contributed by atoms with van der Waals surface area (Å²) in [7, 11) is 0. The summed E-state index contributed by atoms with van der Waals surface area (Å²) < 4.78 is 1.90. The zero-order valence-electron chi connectivity index (χ0n) is 9.52. The molecule has 0 spiro atoms. The second-order valence-corrected chi connectivity index (χ2v) is 4.69. The largest absolute Gasteiger partial charge is 0.241 e. The Labute approximate surface area is 104 Å². The summed E-state index contributed by atoms with van der Waals surface area (Å²) in [5.74, 6) is 0.574. The summed E-state index contributed by atoms with van der Waals surface area (Å²) >= 11 is 3.40. The van der Waals surface area contributed by atoms with Crippen molar-refractivity contribution < 1.29 is 0 Å². The highest BCUT2D eigenvalue weighted by molar-refractivity contribution is 9.08. The average Bonchev–Trinajstić information content (AvgIpc) is 2.77. The number of rotatable bonds is 3. The molecule has 0 saturated heterocycles. The van der Waals surface area contributed by atoms with Gasteiger partial charge >= 0.3 is 0 Å². The van der Waals surface area contributed by atoms with Crippen LogP contribution in [0.15, 0.2) is 36.5 Å². The molecule has 0 fully saturated rings. The predicted octanol–water partition coefficient (Wildman–Crippen LogP) is 3.89. The highest BCUT2D eigenvalue weighted by Gasteiger charge is 2.02. The molecule has 2 aromatic rings. The van der Waals surface area contributed by atoms with Crippen LogP contribution in [0.25, 0.3) is 5.69 Å². The van der Waals surface area contributed by atoms with Gasteiger partial charge in [-0.15, -0.1) is 0 Å². The maximum atomic E-state index is 4.44. The average molecular weight is 279 g/mol. The molecular weight excluding hydrogens is 264 g/mol. The van der Waals surface area contributed by atoms with E-state index in [0.717, 1.165) is 16.7 Å². The lowest BCUT2D eigenvalue weighted by atomic mass is 10.0. The van der Waals surface area contributed by atoms with Crippen LogP contribution in [-0.4, -0.2) is 9.78 Å². The van der Waals surface area contributed by atoms with Gasteiger partial charge in [0.15, 0.2) is 0 Å². The first-order valence-corrected chi connectivity index (χ1v) is 6.53. The molecule has 1 heterocycles. The topological polar surface area (TPSA) is 17.8 Å². The van der Waals surface area contributed by atoms with Gasteiger partial charge in [-0.1, -0.05) is 41.9 Å². The van der Waals surface area contributed by atoms with Gasteiger partial charge in [-0.05, 0) is 29.7 Å². The van der Waals surface area contributed by atoms with Crippen LogP contribution < -0.4 is 0 Å². The van der Waals surface area contributed by atoms with Crippen LogP contribution in [0.2, 0.25) is 0 Å². The zero-order valence-corrected chi connectivity index (χ0v) is 11.1. The first-order valence-electron chi connectivity index (χ1n) is 5.41. The van der Waals surface area contributed by atoms with Gasteiger partial charge in [0.05, 0.1) is 11.4 Å². The lowest BCUT2D eigenvalue weighted by molar-refractivity contribution is 0.845. The molecule has 0 aliphatic carbocycles. The molecule has 0 saturated carbocycles. The van der Waals surface area contributed by atoms with Crippen LogP contribution in [0.1, 0.15) is 31.0 Å². The zero-order chi connectivity index (χ0) is 11.5. The molecule has 0 bridgehead atoms. The first-order chi connectivity index (χ1) is 7.70. The fraction of sp³-hybridized carbons (Fsp3) is 0.308. The summed E-state index contributed by atoms with van der Waals surface area (Å²) in [6.07, 6.45) is 1.99. The van der Waals surface area contributed by atoms with Crippen molar-refractivity contribution in [3.05, 3.63) is 47.8 Å². The van der Waals surface area contributed by atoms with Gasteiger partial charge in [0.2, 0.25) is 0 Å². The lowest BCUT2D eigenvalue weighted by Gasteiger charge is -2.06. The molecule has 2 nitrogen and oxygen atoms in total. The van der Waals surface area contributed by atoms with E-state index in [0.29, 0.717) is 5.92 Å². The van der Waals surface area contributed by atoms with Gasteiger partial charge in [-0.2, -0.15) is 5.10 Å². The molecule has 0 aliphatic heterocycles. The van der Waals surface area contributed by atoms with Crippen LogP contribution >= 0.6 is 15.9 Å². The van der Waals surface area contributed by atoms with Crippen molar-refractivity contribution in [1.29, 1.82) is 0 Å². The quantitative estimate of drug-likeness (QED) is 0.779.